The third-order valence-corrected chi connectivity index (χ3v) is 5.12. The number of aryl methyl sites for hydroxylation is 2. The number of hydrogen-bond acceptors (Lipinski definition) is 3. The van der Waals surface area contributed by atoms with Gasteiger partial charge in [0, 0.05) is 11.8 Å². The Morgan fingerprint density at radius 3 is 2.64 bits per heavy atom. The van der Waals surface area contributed by atoms with E-state index in [-0.39, 0.29) is 5.91 Å². The van der Waals surface area contributed by atoms with E-state index >= 15 is 0 Å². The maximum atomic E-state index is 12.4. The molecule has 0 spiro atoms. The quantitative estimate of drug-likeness (QED) is 0.713. The van der Waals surface area contributed by atoms with Crippen LogP contribution in [0.15, 0.2) is 47.1 Å². The van der Waals surface area contributed by atoms with E-state index in [0.717, 1.165) is 27.0 Å². The first-order chi connectivity index (χ1) is 11.9. The first-order valence-corrected chi connectivity index (χ1v) is 8.76. The number of aromatic nitrogens is 3. The summed E-state index contributed by atoms with van der Waals surface area (Å²) in [5, 5.41) is 7.34. The van der Waals surface area contributed by atoms with Crippen molar-refractivity contribution in [2.45, 2.75) is 27.3 Å². The molecule has 0 saturated heterocycles. The summed E-state index contributed by atoms with van der Waals surface area (Å²) in [6.07, 6.45) is 1.73. The van der Waals surface area contributed by atoms with Gasteiger partial charge in [-0.2, -0.15) is 5.10 Å². The number of pyridine rings is 1. The standard InChI is InChI=1S/C19H19BrN4O/c1-12-7-8-17(21-10-12)22-19(25)16-6-4-5-15(9-16)11-24-14(3)18(20)13(2)23-24/h4-10H,11H2,1-3H3,(H,21,22,25). The van der Waals surface area contributed by atoms with Gasteiger partial charge in [0.2, 0.25) is 0 Å². The number of benzene rings is 1. The molecule has 5 nitrogen and oxygen atoms in total. The van der Waals surface area contributed by atoms with E-state index in [4.69, 9.17) is 0 Å². The molecule has 0 fully saturated rings. The number of nitrogens with zero attached hydrogens (tertiary/aromatic N) is 3. The first kappa shape index (κ1) is 17.4. The molecule has 1 N–H and O–H groups in total. The van der Waals surface area contributed by atoms with Gasteiger partial charge in [0.25, 0.3) is 5.91 Å². The summed E-state index contributed by atoms with van der Waals surface area (Å²) in [5.41, 5.74) is 4.69. The lowest BCUT2D eigenvalue weighted by molar-refractivity contribution is 0.102. The minimum atomic E-state index is -0.173. The molecule has 2 aromatic heterocycles. The van der Waals surface area contributed by atoms with Crippen LogP contribution in [0.2, 0.25) is 0 Å². The lowest BCUT2D eigenvalue weighted by Gasteiger charge is -2.08. The van der Waals surface area contributed by atoms with E-state index in [1.807, 2.05) is 49.7 Å². The summed E-state index contributed by atoms with van der Waals surface area (Å²) >= 11 is 3.54. The van der Waals surface area contributed by atoms with Gasteiger partial charge >= 0.3 is 0 Å². The fraction of sp³-hybridized carbons (Fsp3) is 0.211. The molecule has 0 aliphatic rings. The summed E-state index contributed by atoms with van der Waals surface area (Å²) in [6, 6.07) is 11.3. The van der Waals surface area contributed by atoms with Crippen LogP contribution >= 0.6 is 15.9 Å². The van der Waals surface area contributed by atoms with E-state index in [1.165, 1.54) is 0 Å². The number of carbonyl (C=O) groups is 1. The van der Waals surface area contributed by atoms with Crippen molar-refractivity contribution in [1.82, 2.24) is 14.8 Å². The number of rotatable bonds is 4. The van der Waals surface area contributed by atoms with Gasteiger partial charge in [-0.3, -0.25) is 9.48 Å². The van der Waals surface area contributed by atoms with Crippen LogP contribution in [0.1, 0.15) is 32.9 Å². The van der Waals surface area contributed by atoms with Crippen molar-refractivity contribution < 1.29 is 4.79 Å². The molecule has 1 aromatic carbocycles. The summed E-state index contributed by atoms with van der Waals surface area (Å²) < 4.78 is 2.95. The Morgan fingerprint density at radius 1 is 1.20 bits per heavy atom. The predicted molar refractivity (Wildman–Crippen MR) is 102 cm³/mol. The smallest absolute Gasteiger partial charge is 0.256 e. The molecule has 25 heavy (non-hydrogen) atoms. The van der Waals surface area contributed by atoms with Gasteiger partial charge in [0.15, 0.2) is 0 Å². The molecule has 0 saturated carbocycles. The maximum absolute atomic E-state index is 12.4. The molecule has 0 aliphatic carbocycles. The molecule has 3 aromatic rings. The van der Waals surface area contributed by atoms with Crippen molar-refractivity contribution in [2.75, 3.05) is 5.32 Å². The molecule has 128 valence electrons. The second kappa shape index (κ2) is 7.19. The van der Waals surface area contributed by atoms with E-state index in [0.29, 0.717) is 17.9 Å². The van der Waals surface area contributed by atoms with E-state index in [9.17, 15) is 4.79 Å². The normalized spacial score (nSPS) is 10.7. The van der Waals surface area contributed by atoms with Crippen molar-refractivity contribution in [1.29, 1.82) is 0 Å². The van der Waals surface area contributed by atoms with E-state index in [2.05, 4.69) is 31.3 Å². The Bertz CT molecular complexity index is 916. The second-order valence-corrected chi connectivity index (χ2v) is 6.81. The van der Waals surface area contributed by atoms with Crippen LogP contribution in [0, 0.1) is 20.8 Å². The SMILES string of the molecule is Cc1ccc(NC(=O)c2cccc(Cn3nc(C)c(Br)c3C)c2)nc1. The molecule has 6 heteroatoms. The third-order valence-electron chi connectivity index (χ3n) is 3.97. The van der Waals surface area contributed by atoms with Crippen LogP contribution in [-0.2, 0) is 6.54 Å². The Morgan fingerprint density at radius 2 is 2.00 bits per heavy atom. The van der Waals surface area contributed by atoms with Crippen molar-refractivity contribution in [2.24, 2.45) is 0 Å². The molecule has 3 rings (SSSR count). The van der Waals surface area contributed by atoms with Crippen molar-refractivity contribution >= 4 is 27.7 Å². The number of nitrogens with one attached hydrogen (secondary N) is 1. The van der Waals surface area contributed by atoms with Crippen LogP contribution in [0.3, 0.4) is 0 Å². The average molecular weight is 399 g/mol. The number of halogens is 1. The van der Waals surface area contributed by atoms with Gasteiger partial charge in [-0.1, -0.05) is 18.2 Å². The highest BCUT2D eigenvalue weighted by Crippen LogP contribution is 2.21. The van der Waals surface area contributed by atoms with Crippen molar-refractivity contribution in [3.05, 3.63) is 75.1 Å². The van der Waals surface area contributed by atoms with E-state index in [1.54, 1.807) is 18.3 Å². The molecular weight excluding hydrogens is 380 g/mol. The predicted octanol–water partition coefficient (Wildman–Crippen LogP) is 4.27. The second-order valence-electron chi connectivity index (χ2n) is 6.02. The lowest BCUT2D eigenvalue weighted by atomic mass is 10.1. The van der Waals surface area contributed by atoms with Crippen LogP contribution in [0.25, 0.3) is 0 Å². The highest BCUT2D eigenvalue weighted by molar-refractivity contribution is 9.10. The largest absolute Gasteiger partial charge is 0.307 e. The van der Waals surface area contributed by atoms with Crippen LogP contribution in [0.5, 0.6) is 0 Å². The molecule has 0 aliphatic heterocycles. The highest BCUT2D eigenvalue weighted by Gasteiger charge is 2.11. The molecule has 0 radical (unpaired) electrons. The zero-order valence-electron chi connectivity index (χ0n) is 14.4. The maximum Gasteiger partial charge on any atom is 0.256 e. The first-order valence-electron chi connectivity index (χ1n) is 7.96. The minimum absolute atomic E-state index is 0.173. The molecule has 2 heterocycles. The Labute approximate surface area is 155 Å². The van der Waals surface area contributed by atoms with Crippen LogP contribution < -0.4 is 5.32 Å². The summed E-state index contributed by atoms with van der Waals surface area (Å²) in [5.74, 6) is 0.372. The van der Waals surface area contributed by atoms with Gasteiger partial charge in [0.05, 0.1) is 22.4 Å². The number of hydrogen-bond donors (Lipinski definition) is 1. The number of carbonyl (C=O) groups excluding carboxylic acids is 1. The Balaban J connectivity index is 1.77. The van der Waals surface area contributed by atoms with E-state index < -0.39 is 0 Å². The minimum Gasteiger partial charge on any atom is -0.307 e. The lowest BCUT2D eigenvalue weighted by Crippen LogP contribution is -2.13. The van der Waals surface area contributed by atoms with Crippen LogP contribution in [0.4, 0.5) is 5.82 Å². The molecular formula is C19H19BrN4O. The molecule has 0 atom stereocenters. The summed E-state index contributed by atoms with van der Waals surface area (Å²) in [4.78, 5) is 16.7. The molecule has 1 amide bonds. The Hall–Kier alpha value is -2.47. The zero-order chi connectivity index (χ0) is 18.0. The van der Waals surface area contributed by atoms with Crippen molar-refractivity contribution in [3.8, 4) is 0 Å². The van der Waals surface area contributed by atoms with Gasteiger partial charge < -0.3 is 5.32 Å². The number of amides is 1. The number of anilines is 1. The molecule has 0 unspecified atom stereocenters. The van der Waals surface area contributed by atoms with Crippen molar-refractivity contribution in [3.63, 3.8) is 0 Å². The zero-order valence-corrected chi connectivity index (χ0v) is 16.0. The monoisotopic (exact) mass is 398 g/mol. The van der Waals surface area contributed by atoms with Gasteiger partial charge in [-0.25, -0.2) is 4.98 Å². The average Bonchev–Trinajstić information content (AvgIpc) is 2.84. The Kier molecular flexibility index (Phi) is 4.99. The van der Waals surface area contributed by atoms with Crippen LogP contribution in [-0.4, -0.2) is 20.7 Å². The highest BCUT2D eigenvalue weighted by atomic mass is 79.9. The van der Waals surface area contributed by atoms with Gasteiger partial charge in [-0.15, -0.1) is 0 Å². The topological polar surface area (TPSA) is 59.8 Å². The van der Waals surface area contributed by atoms with Gasteiger partial charge in [-0.05, 0) is 66.0 Å². The fourth-order valence-corrected chi connectivity index (χ4v) is 2.83. The third kappa shape index (κ3) is 3.96. The fourth-order valence-electron chi connectivity index (χ4n) is 2.54. The summed E-state index contributed by atoms with van der Waals surface area (Å²) in [6.45, 7) is 6.55. The molecule has 0 bridgehead atoms. The van der Waals surface area contributed by atoms with Gasteiger partial charge in [0.1, 0.15) is 5.82 Å². The summed E-state index contributed by atoms with van der Waals surface area (Å²) in [7, 11) is 0.